The highest BCUT2D eigenvalue weighted by Gasteiger charge is 2.20. The number of benzene rings is 2. The summed E-state index contributed by atoms with van der Waals surface area (Å²) in [6.45, 7) is 3.80. The Morgan fingerprint density at radius 2 is 1.74 bits per heavy atom. The van der Waals surface area contributed by atoms with E-state index in [1.54, 1.807) is 6.92 Å². The molecule has 4 nitrogen and oxygen atoms in total. The number of hydrogen-bond acceptors (Lipinski definition) is 4. The predicted octanol–water partition coefficient (Wildman–Crippen LogP) is 5.48. The third-order valence-corrected chi connectivity index (χ3v) is 5.18. The van der Waals surface area contributed by atoms with Crippen LogP contribution >= 0.6 is 11.6 Å². The molecule has 2 aromatic carbocycles. The van der Waals surface area contributed by atoms with E-state index in [0.717, 1.165) is 34.9 Å². The standard InChI is InChI=1S/C22H17ClO4/c1-3-7-14-10-16-15(13-8-5-4-6-9-13)11-17(24)26-21(16)18-12(2)19(23)22(25)27-20(14)18/h4-6,8-11H,3,7H2,1-2H3. The van der Waals surface area contributed by atoms with Gasteiger partial charge >= 0.3 is 11.3 Å². The van der Waals surface area contributed by atoms with E-state index >= 15 is 0 Å². The summed E-state index contributed by atoms with van der Waals surface area (Å²) < 4.78 is 11.1. The molecule has 0 radical (unpaired) electrons. The van der Waals surface area contributed by atoms with Crippen molar-refractivity contribution in [3.8, 4) is 11.1 Å². The molecule has 0 atom stereocenters. The molecular weight excluding hydrogens is 364 g/mol. The fourth-order valence-electron chi connectivity index (χ4n) is 3.50. The first kappa shape index (κ1) is 17.6. The zero-order chi connectivity index (χ0) is 19.1. The maximum absolute atomic E-state index is 12.3. The summed E-state index contributed by atoms with van der Waals surface area (Å²) in [5, 5.41) is 1.38. The minimum absolute atomic E-state index is 0.00483. The summed E-state index contributed by atoms with van der Waals surface area (Å²) in [6, 6.07) is 13.1. The van der Waals surface area contributed by atoms with Crippen LogP contribution in [0.4, 0.5) is 0 Å². The highest BCUT2D eigenvalue weighted by Crippen LogP contribution is 2.36. The van der Waals surface area contributed by atoms with Gasteiger partial charge in [0.05, 0.1) is 5.39 Å². The smallest absolute Gasteiger partial charge is 0.355 e. The largest absolute Gasteiger partial charge is 0.422 e. The number of halogens is 1. The summed E-state index contributed by atoms with van der Waals surface area (Å²) in [7, 11) is 0. The summed E-state index contributed by atoms with van der Waals surface area (Å²) in [5.41, 5.74) is 2.92. The fourth-order valence-corrected chi connectivity index (χ4v) is 3.64. The number of fused-ring (bicyclic) bond motifs is 3. The van der Waals surface area contributed by atoms with Crippen molar-refractivity contribution in [3.63, 3.8) is 0 Å². The lowest BCUT2D eigenvalue weighted by Crippen LogP contribution is -2.06. The molecule has 0 spiro atoms. The Bertz CT molecular complexity index is 1280. The zero-order valence-electron chi connectivity index (χ0n) is 15.0. The van der Waals surface area contributed by atoms with Crippen LogP contribution in [-0.2, 0) is 6.42 Å². The predicted molar refractivity (Wildman–Crippen MR) is 108 cm³/mol. The highest BCUT2D eigenvalue weighted by molar-refractivity contribution is 6.32. The summed E-state index contributed by atoms with van der Waals surface area (Å²) in [4.78, 5) is 24.4. The Labute approximate surface area is 160 Å². The molecule has 2 aromatic heterocycles. The van der Waals surface area contributed by atoms with Crippen molar-refractivity contribution in [1.82, 2.24) is 0 Å². The van der Waals surface area contributed by atoms with Gasteiger partial charge in [-0.3, -0.25) is 0 Å². The molecule has 2 heterocycles. The van der Waals surface area contributed by atoms with Crippen LogP contribution in [0.25, 0.3) is 33.1 Å². The molecule has 0 aliphatic carbocycles. The quantitative estimate of drug-likeness (QED) is 0.348. The third-order valence-electron chi connectivity index (χ3n) is 4.75. The molecule has 0 bridgehead atoms. The highest BCUT2D eigenvalue weighted by atomic mass is 35.5. The van der Waals surface area contributed by atoms with E-state index in [9.17, 15) is 9.59 Å². The molecule has 0 N–H and O–H groups in total. The third kappa shape index (κ3) is 2.86. The van der Waals surface area contributed by atoms with Crippen molar-refractivity contribution < 1.29 is 8.83 Å². The average Bonchev–Trinajstić information content (AvgIpc) is 2.67. The number of aryl methyl sites for hydroxylation is 2. The van der Waals surface area contributed by atoms with Crippen molar-refractivity contribution in [1.29, 1.82) is 0 Å². The topological polar surface area (TPSA) is 60.4 Å². The van der Waals surface area contributed by atoms with Crippen LogP contribution in [0.3, 0.4) is 0 Å². The van der Waals surface area contributed by atoms with E-state index in [4.69, 9.17) is 20.4 Å². The minimum Gasteiger partial charge on any atom is -0.422 e. The molecule has 0 aliphatic heterocycles. The second-order valence-corrected chi connectivity index (χ2v) is 6.92. The van der Waals surface area contributed by atoms with Gasteiger partial charge < -0.3 is 8.83 Å². The van der Waals surface area contributed by atoms with Crippen LogP contribution in [0.15, 0.2) is 60.9 Å². The maximum atomic E-state index is 12.3. The SMILES string of the molecule is CCCc1cc2c(-c3ccccc3)cc(=O)oc2c2c(C)c(Cl)c(=O)oc12. The van der Waals surface area contributed by atoms with E-state index in [-0.39, 0.29) is 5.02 Å². The van der Waals surface area contributed by atoms with Crippen molar-refractivity contribution in [2.75, 3.05) is 0 Å². The van der Waals surface area contributed by atoms with Crippen molar-refractivity contribution in [2.24, 2.45) is 0 Å². The monoisotopic (exact) mass is 380 g/mol. The summed E-state index contributed by atoms with van der Waals surface area (Å²) >= 11 is 6.16. The first-order valence-corrected chi connectivity index (χ1v) is 9.17. The minimum atomic E-state index is -0.583. The van der Waals surface area contributed by atoms with E-state index in [0.29, 0.717) is 22.1 Å². The van der Waals surface area contributed by atoms with Gasteiger partial charge in [0.2, 0.25) is 0 Å². The van der Waals surface area contributed by atoms with Gasteiger partial charge in [-0.05, 0) is 41.7 Å². The molecular formula is C22H17ClO4. The normalized spacial score (nSPS) is 11.4. The molecule has 0 saturated carbocycles. The second-order valence-electron chi connectivity index (χ2n) is 6.54. The average molecular weight is 381 g/mol. The molecule has 0 fully saturated rings. The van der Waals surface area contributed by atoms with Gasteiger partial charge in [-0.15, -0.1) is 0 Å². The van der Waals surface area contributed by atoms with Gasteiger partial charge in [0.1, 0.15) is 16.2 Å². The van der Waals surface area contributed by atoms with E-state index < -0.39 is 11.3 Å². The molecule has 5 heteroatoms. The van der Waals surface area contributed by atoms with Crippen molar-refractivity contribution >= 4 is 33.5 Å². The Hall–Kier alpha value is -2.85. The van der Waals surface area contributed by atoms with Crippen LogP contribution in [0.2, 0.25) is 5.02 Å². The summed E-state index contributed by atoms with van der Waals surface area (Å²) in [5.74, 6) is 0. The van der Waals surface area contributed by atoms with E-state index in [1.807, 2.05) is 36.4 Å². The lowest BCUT2D eigenvalue weighted by molar-refractivity contribution is 0.548. The molecule has 4 rings (SSSR count). The zero-order valence-corrected chi connectivity index (χ0v) is 15.7. The Morgan fingerprint density at radius 1 is 1.00 bits per heavy atom. The van der Waals surface area contributed by atoms with Gasteiger partial charge in [-0.25, -0.2) is 9.59 Å². The van der Waals surface area contributed by atoms with Gasteiger partial charge in [-0.2, -0.15) is 0 Å². The van der Waals surface area contributed by atoms with Crippen molar-refractivity contribution in [2.45, 2.75) is 26.7 Å². The van der Waals surface area contributed by atoms with Gasteiger partial charge in [0.15, 0.2) is 0 Å². The van der Waals surface area contributed by atoms with Gasteiger partial charge in [0.25, 0.3) is 0 Å². The molecule has 0 saturated heterocycles. The molecule has 4 aromatic rings. The fraction of sp³-hybridized carbons (Fsp3) is 0.182. The van der Waals surface area contributed by atoms with Crippen LogP contribution < -0.4 is 11.3 Å². The van der Waals surface area contributed by atoms with Crippen LogP contribution in [0, 0.1) is 6.92 Å². The van der Waals surface area contributed by atoms with E-state index in [2.05, 4.69) is 6.92 Å². The molecule has 0 aliphatic rings. The first-order valence-electron chi connectivity index (χ1n) is 8.79. The van der Waals surface area contributed by atoms with Crippen LogP contribution in [-0.4, -0.2) is 0 Å². The van der Waals surface area contributed by atoms with Crippen LogP contribution in [0.1, 0.15) is 24.5 Å². The molecule has 0 unspecified atom stereocenters. The lowest BCUT2D eigenvalue weighted by Gasteiger charge is -2.13. The number of rotatable bonds is 3. The first-order chi connectivity index (χ1) is 13.0. The second kappa shape index (κ2) is 6.71. The Balaban J connectivity index is 2.26. The molecule has 27 heavy (non-hydrogen) atoms. The molecule has 136 valence electrons. The van der Waals surface area contributed by atoms with Gasteiger partial charge in [-0.1, -0.05) is 55.3 Å². The Morgan fingerprint density at radius 3 is 2.44 bits per heavy atom. The Kier molecular flexibility index (Phi) is 4.36. The van der Waals surface area contributed by atoms with E-state index in [1.165, 1.54) is 6.07 Å². The summed E-state index contributed by atoms with van der Waals surface area (Å²) in [6.07, 6.45) is 1.60. The van der Waals surface area contributed by atoms with Gasteiger partial charge in [0, 0.05) is 11.5 Å². The van der Waals surface area contributed by atoms with Crippen molar-refractivity contribution in [3.05, 3.63) is 79.5 Å². The maximum Gasteiger partial charge on any atom is 0.355 e. The molecule has 0 amide bonds. The number of hydrogen-bond donors (Lipinski definition) is 0. The van der Waals surface area contributed by atoms with Crippen LogP contribution in [0.5, 0.6) is 0 Å². The lowest BCUT2D eigenvalue weighted by atomic mass is 9.95.